The monoisotopic (exact) mass is 248 g/mol. The van der Waals surface area contributed by atoms with Crippen molar-refractivity contribution in [1.82, 2.24) is 0 Å². The van der Waals surface area contributed by atoms with Crippen molar-refractivity contribution in [3.63, 3.8) is 0 Å². The van der Waals surface area contributed by atoms with Crippen molar-refractivity contribution in [3.05, 3.63) is 18.2 Å². The van der Waals surface area contributed by atoms with Crippen molar-refractivity contribution in [3.8, 4) is 5.75 Å². The zero-order chi connectivity index (χ0) is 13.3. The Morgan fingerprint density at radius 1 is 1.28 bits per heavy atom. The lowest BCUT2D eigenvalue weighted by Gasteiger charge is -2.29. The molecule has 0 amide bonds. The Morgan fingerprint density at radius 3 is 2.50 bits per heavy atom. The molecule has 0 spiro atoms. The van der Waals surface area contributed by atoms with Crippen molar-refractivity contribution < 1.29 is 4.74 Å². The lowest BCUT2D eigenvalue weighted by atomic mass is 10.1. The Hall–Kier alpha value is -1.38. The van der Waals surface area contributed by atoms with E-state index in [0.29, 0.717) is 6.04 Å². The van der Waals surface area contributed by atoms with Crippen LogP contribution >= 0.6 is 0 Å². The number of hydrogen-bond donors (Lipinski definition) is 1. The van der Waals surface area contributed by atoms with Gasteiger partial charge in [-0.2, -0.15) is 0 Å². The molecule has 0 aliphatic heterocycles. The van der Waals surface area contributed by atoms with E-state index in [1.807, 2.05) is 26.0 Å². The summed E-state index contributed by atoms with van der Waals surface area (Å²) < 4.78 is 5.74. The molecular weight excluding hydrogens is 224 g/mol. The van der Waals surface area contributed by atoms with Gasteiger partial charge in [0.2, 0.25) is 0 Å². The molecule has 1 aromatic carbocycles. The summed E-state index contributed by atoms with van der Waals surface area (Å²) in [5.41, 5.74) is 8.05. The molecule has 1 fully saturated rings. The number of nitrogens with zero attached hydrogens (tertiary/aromatic N) is 1. The minimum Gasteiger partial charge on any atom is -0.489 e. The summed E-state index contributed by atoms with van der Waals surface area (Å²) in [7, 11) is 2.12. The fourth-order valence-electron chi connectivity index (χ4n) is 2.31. The lowest BCUT2D eigenvalue weighted by molar-refractivity contribution is 0.244. The number of nitrogens with two attached hydrogens (primary N) is 1. The smallest absolute Gasteiger partial charge is 0.144 e. The second-order valence-corrected chi connectivity index (χ2v) is 5.54. The van der Waals surface area contributed by atoms with E-state index in [2.05, 4.69) is 24.9 Å². The number of hydrogen-bond acceptors (Lipinski definition) is 3. The first-order valence-corrected chi connectivity index (χ1v) is 6.78. The molecule has 0 aromatic heterocycles. The van der Waals surface area contributed by atoms with Crippen LogP contribution in [0.1, 0.15) is 33.6 Å². The summed E-state index contributed by atoms with van der Waals surface area (Å²) in [6.07, 6.45) is 2.83. The topological polar surface area (TPSA) is 38.5 Å². The highest BCUT2D eigenvalue weighted by Gasteiger charge is 2.31. The molecule has 1 saturated carbocycles. The molecule has 1 atom stereocenters. The average molecular weight is 248 g/mol. The molecule has 1 aliphatic rings. The first-order valence-electron chi connectivity index (χ1n) is 6.78. The third-order valence-corrected chi connectivity index (χ3v) is 3.70. The van der Waals surface area contributed by atoms with Crippen LogP contribution in [0.15, 0.2) is 18.2 Å². The first kappa shape index (κ1) is 13.1. The number of ether oxygens (including phenoxy) is 1. The number of anilines is 2. The normalized spacial score (nSPS) is 16.7. The molecule has 0 heterocycles. The molecule has 100 valence electrons. The largest absolute Gasteiger partial charge is 0.489 e. The standard InChI is InChI=1S/C15H24N2O/c1-10(2)18-14-7-5-6-13(15(14)16)17(4)11(3)12-8-9-12/h5-7,10-12H,8-9,16H2,1-4H3. The second-order valence-electron chi connectivity index (χ2n) is 5.54. The molecule has 3 nitrogen and oxygen atoms in total. The fourth-order valence-corrected chi connectivity index (χ4v) is 2.31. The van der Waals surface area contributed by atoms with Crippen LogP contribution in [0.25, 0.3) is 0 Å². The summed E-state index contributed by atoms with van der Waals surface area (Å²) in [5.74, 6) is 1.61. The first-order chi connectivity index (χ1) is 8.50. The molecule has 18 heavy (non-hydrogen) atoms. The van der Waals surface area contributed by atoms with E-state index in [-0.39, 0.29) is 6.10 Å². The Kier molecular flexibility index (Phi) is 3.69. The van der Waals surface area contributed by atoms with Gasteiger partial charge in [-0.1, -0.05) is 6.07 Å². The van der Waals surface area contributed by atoms with Crippen LogP contribution in [0.3, 0.4) is 0 Å². The maximum atomic E-state index is 6.22. The van der Waals surface area contributed by atoms with Gasteiger partial charge in [0.25, 0.3) is 0 Å². The van der Waals surface area contributed by atoms with E-state index in [4.69, 9.17) is 10.5 Å². The molecule has 1 aromatic rings. The summed E-state index contributed by atoms with van der Waals surface area (Å²) in [6.45, 7) is 6.30. The van der Waals surface area contributed by atoms with Gasteiger partial charge in [-0.05, 0) is 51.7 Å². The van der Waals surface area contributed by atoms with E-state index in [0.717, 1.165) is 23.0 Å². The van der Waals surface area contributed by atoms with Crippen molar-refractivity contribution >= 4 is 11.4 Å². The van der Waals surface area contributed by atoms with Crippen molar-refractivity contribution in [1.29, 1.82) is 0 Å². The van der Waals surface area contributed by atoms with E-state index in [1.54, 1.807) is 0 Å². The predicted molar refractivity (Wildman–Crippen MR) is 77.2 cm³/mol. The molecular formula is C15H24N2O. The minimum absolute atomic E-state index is 0.147. The summed E-state index contributed by atoms with van der Waals surface area (Å²) in [4.78, 5) is 2.28. The Labute approximate surface area is 110 Å². The van der Waals surface area contributed by atoms with Crippen LogP contribution in [-0.4, -0.2) is 19.2 Å². The fraction of sp³-hybridized carbons (Fsp3) is 0.600. The molecule has 0 saturated heterocycles. The predicted octanol–water partition coefficient (Wildman–Crippen LogP) is 3.29. The van der Waals surface area contributed by atoms with E-state index >= 15 is 0 Å². The van der Waals surface area contributed by atoms with Gasteiger partial charge in [0.1, 0.15) is 5.75 Å². The van der Waals surface area contributed by atoms with Crippen LogP contribution in [-0.2, 0) is 0 Å². The minimum atomic E-state index is 0.147. The third kappa shape index (κ3) is 2.71. The van der Waals surface area contributed by atoms with Crippen molar-refractivity contribution in [2.75, 3.05) is 17.7 Å². The van der Waals surface area contributed by atoms with Crippen LogP contribution in [0.2, 0.25) is 0 Å². The quantitative estimate of drug-likeness (QED) is 0.813. The third-order valence-electron chi connectivity index (χ3n) is 3.70. The molecule has 2 rings (SSSR count). The van der Waals surface area contributed by atoms with Gasteiger partial charge in [0, 0.05) is 13.1 Å². The van der Waals surface area contributed by atoms with Gasteiger partial charge in [-0.25, -0.2) is 0 Å². The molecule has 0 bridgehead atoms. The van der Waals surface area contributed by atoms with Gasteiger partial charge in [-0.3, -0.25) is 0 Å². The maximum Gasteiger partial charge on any atom is 0.144 e. The van der Waals surface area contributed by atoms with Gasteiger partial charge >= 0.3 is 0 Å². The number of rotatable bonds is 5. The Bertz CT molecular complexity index is 413. The van der Waals surface area contributed by atoms with Gasteiger partial charge in [0.15, 0.2) is 0 Å². The number of para-hydroxylation sites is 1. The van der Waals surface area contributed by atoms with Crippen molar-refractivity contribution in [2.24, 2.45) is 5.92 Å². The Morgan fingerprint density at radius 2 is 1.94 bits per heavy atom. The van der Waals surface area contributed by atoms with Gasteiger partial charge in [0.05, 0.1) is 17.5 Å². The lowest BCUT2D eigenvalue weighted by Crippen LogP contribution is -2.31. The molecule has 1 unspecified atom stereocenters. The molecule has 2 N–H and O–H groups in total. The van der Waals surface area contributed by atoms with Crippen LogP contribution < -0.4 is 15.4 Å². The van der Waals surface area contributed by atoms with E-state index < -0.39 is 0 Å². The van der Waals surface area contributed by atoms with Crippen LogP contribution in [0.5, 0.6) is 5.75 Å². The molecule has 3 heteroatoms. The van der Waals surface area contributed by atoms with Crippen LogP contribution in [0.4, 0.5) is 11.4 Å². The molecule has 1 aliphatic carbocycles. The average Bonchev–Trinajstić information content (AvgIpc) is 3.13. The highest BCUT2D eigenvalue weighted by molar-refractivity contribution is 5.74. The van der Waals surface area contributed by atoms with E-state index in [1.165, 1.54) is 12.8 Å². The maximum absolute atomic E-state index is 6.22. The Balaban J connectivity index is 2.21. The van der Waals surface area contributed by atoms with Crippen LogP contribution in [0, 0.1) is 5.92 Å². The number of benzene rings is 1. The second kappa shape index (κ2) is 5.09. The van der Waals surface area contributed by atoms with Crippen molar-refractivity contribution in [2.45, 2.75) is 45.8 Å². The SMILES string of the molecule is CC(C)Oc1cccc(N(C)C(C)C2CC2)c1N. The summed E-state index contributed by atoms with van der Waals surface area (Å²) in [5, 5.41) is 0. The summed E-state index contributed by atoms with van der Waals surface area (Å²) in [6, 6.07) is 6.57. The zero-order valence-corrected chi connectivity index (χ0v) is 11.8. The van der Waals surface area contributed by atoms with E-state index in [9.17, 15) is 0 Å². The highest BCUT2D eigenvalue weighted by Crippen LogP contribution is 2.39. The van der Waals surface area contributed by atoms with Gasteiger partial charge < -0.3 is 15.4 Å². The number of nitrogen functional groups attached to an aromatic ring is 1. The zero-order valence-electron chi connectivity index (χ0n) is 11.8. The highest BCUT2D eigenvalue weighted by atomic mass is 16.5. The molecule has 0 radical (unpaired) electrons. The van der Waals surface area contributed by atoms with Gasteiger partial charge in [-0.15, -0.1) is 0 Å². The summed E-state index contributed by atoms with van der Waals surface area (Å²) >= 11 is 0.